The Morgan fingerprint density at radius 1 is 1.20 bits per heavy atom. The topological polar surface area (TPSA) is 135 Å². The van der Waals surface area contributed by atoms with Crippen LogP contribution in [0.25, 0.3) is 22.4 Å². The highest BCUT2D eigenvalue weighted by Crippen LogP contribution is 2.35. The van der Waals surface area contributed by atoms with Crippen LogP contribution in [0.5, 0.6) is 0 Å². The van der Waals surface area contributed by atoms with Gasteiger partial charge in [-0.2, -0.15) is 0 Å². The average molecular weight is 502 g/mol. The summed E-state index contributed by atoms with van der Waals surface area (Å²) in [6, 6.07) is 6.21. The Kier molecular flexibility index (Phi) is 5.50. The van der Waals surface area contributed by atoms with Crippen molar-refractivity contribution < 1.29 is 22.0 Å². The van der Waals surface area contributed by atoms with Crippen LogP contribution >= 0.6 is 0 Å². The number of amides is 1. The van der Waals surface area contributed by atoms with Crippen molar-refractivity contribution in [2.45, 2.75) is 24.2 Å². The van der Waals surface area contributed by atoms with E-state index in [1.807, 2.05) is 0 Å². The third-order valence-corrected chi connectivity index (χ3v) is 6.67. The van der Waals surface area contributed by atoms with Crippen molar-refractivity contribution in [3.8, 4) is 11.3 Å². The molecule has 3 N–H and O–H groups in total. The van der Waals surface area contributed by atoms with E-state index in [1.165, 1.54) is 12.1 Å². The number of alkyl halides is 2. The van der Waals surface area contributed by atoms with Crippen molar-refractivity contribution in [2.75, 3.05) is 16.9 Å². The van der Waals surface area contributed by atoms with E-state index < -0.39 is 22.1 Å². The number of H-pyrrole nitrogens is 1. The smallest absolute Gasteiger partial charge is 0.295 e. The predicted molar refractivity (Wildman–Crippen MR) is 125 cm³/mol. The summed E-state index contributed by atoms with van der Waals surface area (Å²) in [7, 11) is -1.90. The normalized spacial score (nSPS) is 14.0. The highest BCUT2D eigenvalue weighted by atomic mass is 32.2. The van der Waals surface area contributed by atoms with Crippen LogP contribution in [0.2, 0.25) is 0 Å². The highest BCUT2D eigenvalue weighted by molar-refractivity contribution is 7.90. The van der Waals surface area contributed by atoms with Crippen LogP contribution in [-0.4, -0.2) is 45.1 Å². The highest BCUT2D eigenvalue weighted by Gasteiger charge is 2.30. The predicted octanol–water partition coefficient (Wildman–Crippen LogP) is 3.79. The average Bonchev–Trinajstić information content (AvgIpc) is 3.41. The van der Waals surface area contributed by atoms with E-state index in [9.17, 15) is 22.0 Å². The van der Waals surface area contributed by atoms with Crippen LogP contribution in [-0.2, 0) is 21.7 Å². The summed E-state index contributed by atoms with van der Waals surface area (Å²) in [5.41, 5.74) is 1.74. The second kappa shape index (κ2) is 8.41. The van der Waals surface area contributed by atoms with E-state index in [0.29, 0.717) is 11.3 Å². The molecule has 182 valence electrons. The van der Waals surface area contributed by atoms with E-state index in [4.69, 9.17) is 0 Å². The SMILES string of the molecule is Cn1cnc(-c2ccc(Nc3cc(NC(=O)C4CC4)nc4nc(C(F)F)[nH]c34)c(S(C)(=O)=O)c2)c1. The number of aromatic nitrogens is 5. The first-order valence-electron chi connectivity index (χ1n) is 10.7. The van der Waals surface area contributed by atoms with E-state index in [-0.39, 0.29) is 45.1 Å². The molecule has 5 rings (SSSR count). The molecule has 4 aromatic rings. The fourth-order valence-corrected chi connectivity index (χ4v) is 4.50. The van der Waals surface area contributed by atoms with Crippen LogP contribution in [0.4, 0.5) is 26.0 Å². The van der Waals surface area contributed by atoms with E-state index >= 15 is 0 Å². The lowest BCUT2D eigenvalue weighted by molar-refractivity contribution is -0.117. The number of hydrogen-bond acceptors (Lipinski definition) is 7. The summed E-state index contributed by atoms with van der Waals surface area (Å²) in [4.78, 5) is 27.0. The van der Waals surface area contributed by atoms with Gasteiger partial charge in [0.15, 0.2) is 21.3 Å². The molecule has 0 bridgehead atoms. The first-order chi connectivity index (χ1) is 16.6. The summed E-state index contributed by atoms with van der Waals surface area (Å²) in [6.45, 7) is 0. The number of carbonyl (C=O) groups is 1. The minimum atomic E-state index is -3.70. The number of pyridine rings is 1. The molecule has 1 aromatic carbocycles. The van der Waals surface area contributed by atoms with Gasteiger partial charge < -0.3 is 20.2 Å². The third-order valence-electron chi connectivity index (χ3n) is 5.54. The minimum Gasteiger partial charge on any atom is -0.353 e. The second-order valence-electron chi connectivity index (χ2n) is 8.47. The first-order valence-corrected chi connectivity index (χ1v) is 12.6. The number of aryl methyl sites for hydroxylation is 1. The Balaban J connectivity index is 1.59. The number of anilines is 3. The van der Waals surface area contributed by atoms with Gasteiger partial charge >= 0.3 is 0 Å². The standard InChI is InChI=1S/C22H21F2N7O3S/c1-31-9-15(25-10-31)12-5-6-13(16(7-12)35(2,33)34)26-14-8-17(28-22(32)11-3-4-11)27-20-18(14)29-21(30-20)19(23)24/h5-11,19H,3-4H2,1-2H3,(H3,26,27,28,29,30,32). The van der Waals surface area contributed by atoms with Gasteiger partial charge in [0.1, 0.15) is 11.3 Å². The van der Waals surface area contributed by atoms with Gasteiger partial charge in [-0.3, -0.25) is 4.79 Å². The number of nitrogens with zero attached hydrogens (tertiary/aromatic N) is 4. The maximum Gasteiger partial charge on any atom is 0.295 e. The van der Waals surface area contributed by atoms with Gasteiger partial charge in [-0.15, -0.1) is 0 Å². The molecule has 1 aliphatic carbocycles. The van der Waals surface area contributed by atoms with E-state index in [2.05, 4.69) is 30.6 Å². The number of carbonyl (C=O) groups excluding carboxylic acids is 1. The molecule has 10 nitrogen and oxygen atoms in total. The van der Waals surface area contributed by atoms with Crippen LogP contribution in [0.3, 0.4) is 0 Å². The maximum atomic E-state index is 13.3. The molecule has 13 heteroatoms. The summed E-state index contributed by atoms with van der Waals surface area (Å²) >= 11 is 0. The van der Waals surface area contributed by atoms with Gasteiger partial charge in [0, 0.05) is 37.0 Å². The number of aromatic amines is 1. The number of halogens is 2. The molecular formula is C22H21F2N7O3S. The zero-order chi connectivity index (χ0) is 24.9. The fourth-order valence-electron chi connectivity index (χ4n) is 3.64. The molecule has 0 aliphatic heterocycles. The molecule has 3 heterocycles. The molecule has 3 aromatic heterocycles. The first kappa shape index (κ1) is 22.9. The number of nitrogens with one attached hydrogen (secondary N) is 3. The Hall–Kier alpha value is -3.87. The second-order valence-corrected chi connectivity index (χ2v) is 10.5. The van der Waals surface area contributed by atoms with E-state index in [1.54, 1.807) is 36.3 Å². The number of imidazole rings is 2. The van der Waals surface area contributed by atoms with Crippen molar-refractivity contribution in [2.24, 2.45) is 13.0 Å². The van der Waals surface area contributed by atoms with E-state index in [0.717, 1.165) is 19.1 Å². The largest absolute Gasteiger partial charge is 0.353 e. The lowest BCUT2D eigenvalue weighted by Gasteiger charge is -2.14. The Labute approximate surface area is 198 Å². The Morgan fingerprint density at radius 2 is 1.97 bits per heavy atom. The summed E-state index contributed by atoms with van der Waals surface area (Å²) in [6.07, 6.45) is 3.11. The van der Waals surface area contributed by atoms with Crippen LogP contribution in [0.1, 0.15) is 25.1 Å². The lowest BCUT2D eigenvalue weighted by Crippen LogP contribution is -2.14. The van der Waals surface area contributed by atoms with Gasteiger partial charge in [0.25, 0.3) is 6.43 Å². The number of rotatable bonds is 7. The summed E-state index contributed by atoms with van der Waals surface area (Å²) in [5.74, 6) is -0.787. The Morgan fingerprint density at radius 3 is 2.60 bits per heavy atom. The molecule has 1 aliphatic rings. The lowest BCUT2D eigenvalue weighted by atomic mass is 10.1. The van der Waals surface area contributed by atoms with Gasteiger partial charge in [0.2, 0.25) is 5.91 Å². The number of hydrogen-bond donors (Lipinski definition) is 3. The number of sulfone groups is 1. The van der Waals surface area contributed by atoms with Crippen molar-refractivity contribution in [3.63, 3.8) is 0 Å². The minimum absolute atomic E-state index is 0.0113. The van der Waals surface area contributed by atoms with Crippen molar-refractivity contribution in [1.29, 1.82) is 0 Å². The van der Waals surface area contributed by atoms with Crippen LogP contribution < -0.4 is 10.6 Å². The fraction of sp³-hybridized carbons (Fsp3) is 0.273. The Bertz CT molecular complexity index is 1560. The summed E-state index contributed by atoms with van der Waals surface area (Å²) in [5, 5.41) is 5.68. The monoisotopic (exact) mass is 501 g/mol. The molecule has 1 amide bonds. The van der Waals surface area contributed by atoms with Gasteiger partial charge in [-0.1, -0.05) is 6.07 Å². The molecule has 0 atom stereocenters. The van der Waals surface area contributed by atoms with Crippen molar-refractivity contribution in [3.05, 3.63) is 42.6 Å². The molecular weight excluding hydrogens is 480 g/mol. The van der Waals surface area contributed by atoms with Crippen molar-refractivity contribution in [1.82, 2.24) is 24.5 Å². The van der Waals surface area contributed by atoms with Gasteiger partial charge in [0.05, 0.1) is 28.3 Å². The van der Waals surface area contributed by atoms with Crippen LogP contribution in [0, 0.1) is 5.92 Å². The molecule has 1 fully saturated rings. The molecule has 0 spiro atoms. The third kappa shape index (κ3) is 4.71. The number of benzene rings is 1. The van der Waals surface area contributed by atoms with Crippen LogP contribution in [0.15, 0.2) is 41.7 Å². The molecule has 1 saturated carbocycles. The maximum absolute atomic E-state index is 13.3. The van der Waals surface area contributed by atoms with Gasteiger partial charge in [-0.25, -0.2) is 32.2 Å². The molecule has 35 heavy (non-hydrogen) atoms. The van der Waals surface area contributed by atoms with Crippen molar-refractivity contribution >= 4 is 44.1 Å². The zero-order valence-corrected chi connectivity index (χ0v) is 19.5. The van der Waals surface area contributed by atoms with Gasteiger partial charge in [-0.05, 0) is 25.0 Å². The quantitative estimate of drug-likeness (QED) is 0.351. The molecule has 0 saturated heterocycles. The summed E-state index contributed by atoms with van der Waals surface area (Å²) < 4.78 is 53.6. The molecule has 0 unspecified atom stereocenters. The zero-order valence-electron chi connectivity index (χ0n) is 18.7. The molecule has 0 radical (unpaired) electrons. The number of fused-ring (bicyclic) bond motifs is 1.